The van der Waals surface area contributed by atoms with Crippen LogP contribution in [0.15, 0.2) is 12.2 Å². The predicted molar refractivity (Wildman–Crippen MR) is 47.1 cm³/mol. The first kappa shape index (κ1) is 17.0. The largest absolute Gasteiger partial charge is 0.478 e. The number of hydrogen-bond acceptors (Lipinski definition) is 2. The smallest absolute Gasteiger partial charge is 0.328 e. The summed E-state index contributed by atoms with van der Waals surface area (Å²) in [6, 6.07) is 0. The summed E-state index contributed by atoms with van der Waals surface area (Å²) in [5.74, 6) is -2.51. The van der Waals surface area contributed by atoms with Crippen molar-refractivity contribution in [2.75, 3.05) is 0 Å². The lowest BCUT2D eigenvalue weighted by Gasteiger charge is -1.74. The second kappa shape index (κ2) is 16.3. The fourth-order valence-electron chi connectivity index (χ4n) is 0.143. The Hall–Kier alpha value is -1.32. The molecule has 0 spiro atoms. The summed E-state index contributed by atoms with van der Waals surface area (Å²) in [6.07, 6.45) is 1.12. The van der Waals surface area contributed by atoms with E-state index in [0.717, 1.165) is 0 Å². The van der Waals surface area contributed by atoms with E-state index in [0.29, 0.717) is 12.2 Å². The third-order valence-corrected chi connectivity index (χ3v) is 0.368. The van der Waals surface area contributed by atoms with Crippen LogP contribution in [0.5, 0.6) is 0 Å². The predicted octanol–water partition coefficient (Wildman–Crippen LogP) is 1.76. The third-order valence-electron chi connectivity index (χ3n) is 0.368. The fraction of sp³-hybridized carbons (Fsp3) is 0.500. The summed E-state index contributed by atoms with van der Waals surface area (Å²) in [5, 5.41) is 15.6. The molecule has 0 saturated heterocycles. The number of hydrogen-bond donors (Lipinski definition) is 2. The summed E-state index contributed by atoms with van der Waals surface area (Å²) in [7, 11) is 0. The van der Waals surface area contributed by atoms with Gasteiger partial charge in [0.2, 0.25) is 0 Å². The Bertz CT molecular complexity index is 122. The first-order valence-electron chi connectivity index (χ1n) is 3.77. The van der Waals surface area contributed by atoms with Crippen molar-refractivity contribution in [3.63, 3.8) is 0 Å². The maximum atomic E-state index is 9.55. The zero-order valence-electron chi connectivity index (χ0n) is 7.87. The minimum Gasteiger partial charge on any atom is -0.478 e. The fourth-order valence-corrected chi connectivity index (χ4v) is 0.143. The summed E-state index contributed by atoms with van der Waals surface area (Å²) in [6.45, 7) is 8.00. The van der Waals surface area contributed by atoms with Crippen LogP contribution in [0.3, 0.4) is 0 Å². The topological polar surface area (TPSA) is 74.6 Å². The lowest BCUT2D eigenvalue weighted by atomic mass is 10.5. The zero-order valence-corrected chi connectivity index (χ0v) is 7.87. The van der Waals surface area contributed by atoms with Crippen molar-refractivity contribution >= 4 is 11.9 Å². The van der Waals surface area contributed by atoms with Crippen LogP contribution in [-0.2, 0) is 9.59 Å². The number of carboxylic acids is 2. The molecule has 0 aromatic rings. The van der Waals surface area contributed by atoms with Gasteiger partial charge in [-0.3, -0.25) is 0 Å². The quantitative estimate of drug-likeness (QED) is 0.629. The zero-order chi connectivity index (χ0) is 10.6. The first-order valence-corrected chi connectivity index (χ1v) is 3.77. The van der Waals surface area contributed by atoms with Crippen LogP contribution in [0, 0.1) is 0 Å². The van der Waals surface area contributed by atoms with E-state index in [1.807, 2.05) is 27.7 Å². The monoisotopic (exact) mass is 176 g/mol. The molecule has 2 N–H and O–H groups in total. The van der Waals surface area contributed by atoms with Gasteiger partial charge in [0.1, 0.15) is 0 Å². The molecule has 0 bridgehead atoms. The number of aliphatic carboxylic acids is 2. The second-order valence-corrected chi connectivity index (χ2v) is 1.01. The summed E-state index contributed by atoms with van der Waals surface area (Å²) in [5.41, 5.74) is 0. The van der Waals surface area contributed by atoms with Crippen LogP contribution in [0.4, 0.5) is 0 Å². The Kier molecular flexibility index (Phi) is 23.1. The van der Waals surface area contributed by atoms with E-state index in [2.05, 4.69) is 0 Å². The normalized spacial score (nSPS) is 7.33. The van der Waals surface area contributed by atoms with Gasteiger partial charge in [0.25, 0.3) is 0 Å². The van der Waals surface area contributed by atoms with Gasteiger partial charge in [0.05, 0.1) is 0 Å². The number of rotatable bonds is 2. The summed E-state index contributed by atoms with van der Waals surface area (Å²) >= 11 is 0. The Labute approximate surface area is 72.5 Å². The Morgan fingerprint density at radius 3 is 1.08 bits per heavy atom. The molecule has 0 radical (unpaired) electrons. The van der Waals surface area contributed by atoms with Crippen LogP contribution >= 0.6 is 0 Å². The molecule has 0 aromatic heterocycles. The van der Waals surface area contributed by atoms with Crippen molar-refractivity contribution in [3.05, 3.63) is 12.2 Å². The minimum absolute atomic E-state index is 0.558. The molecule has 0 aliphatic carbocycles. The van der Waals surface area contributed by atoms with Gasteiger partial charge in [-0.05, 0) is 0 Å². The highest BCUT2D eigenvalue weighted by Crippen LogP contribution is 1.70. The van der Waals surface area contributed by atoms with Crippen molar-refractivity contribution in [2.45, 2.75) is 27.7 Å². The van der Waals surface area contributed by atoms with Gasteiger partial charge >= 0.3 is 11.9 Å². The molecule has 12 heavy (non-hydrogen) atoms. The molecule has 0 fully saturated rings. The van der Waals surface area contributed by atoms with E-state index in [-0.39, 0.29) is 0 Å². The van der Waals surface area contributed by atoms with E-state index in [1.54, 1.807) is 0 Å². The Morgan fingerprint density at radius 1 is 0.833 bits per heavy atom. The molecule has 0 amide bonds. The maximum absolute atomic E-state index is 9.55. The van der Waals surface area contributed by atoms with Crippen LogP contribution in [0.1, 0.15) is 27.7 Å². The van der Waals surface area contributed by atoms with E-state index < -0.39 is 11.9 Å². The lowest BCUT2D eigenvalue weighted by molar-refractivity contribution is -0.134. The molecule has 0 aromatic carbocycles. The van der Waals surface area contributed by atoms with Crippen LogP contribution in [-0.4, -0.2) is 22.2 Å². The van der Waals surface area contributed by atoms with Crippen molar-refractivity contribution in [1.82, 2.24) is 0 Å². The molecular weight excluding hydrogens is 160 g/mol. The molecular formula is C8H16O4. The number of carboxylic acid groups (broad SMARTS) is 2. The van der Waals surface area contributed by atoms with Crippen molar-refractivity contribution in [1.29, 1.82) is 0 Å². The third kappa shape index (κ3) is 37.8. The minimum atomic E-state index is -1.26. The van der Waals surface area contributed by atoms with Crippen LogP contribution in [0.25, 0.3) is 0 Å². The van der Waals surface area contributed by atoms with E-state index in [4.69, 9.17) is 10.2 Å². The van der Waals surface area contributed by atoms with Gasteiger partial charge in [-0.1, -0.05) is 27.7 Å². The Balaban J connectivity index is -0.000000175. The molecule has 0 aliphatic heterocycles. The van der Waals surface area contributed by atoms with Gasteiger partial charge in [-0.2, -0.15) is 0 Å². The first-order chi connectivity index (χ1) is 5.63. The van der Waals surface area contributed by atoms with E-state index >= 15 is 0 Å². The highest BCUT2D eigenvalue weighted by Gasteiger charge is 1.88. The maximum Gasteiger partial charge on any atom is 0.328 e. The lowest BCUT2D eigenvalue weighted by Crippen LogP contribution is -1.91. The average Bonchev–Trinajstić information content (AvgIpc) is 2.08. The molecule has 0 rings (SSSR count). The molecule has 4 nitrogen and oxygen atoms in total. The van der Waals surface area contributed by atoms with Crippen molar-refractivity contribution < 1.29 is 19.8 Å². The molecule has 0 unspecified atom stereocenters. The SMILES string of the molecule is CC.CC.O=C(O)/C=C\C(=O)O. The Morgan fingerprint density at radius 2 is 1.00 bits per heavy atom. The second-order valence-electron chi connectivity index (χ2n) is 1.01. The van der Waals surface area contributed by atoms with Gasteiger partial charge in [-0.25, -0.2) is 9.59 Å². The standard InChI is InChI=1S/C4H4O4.2C2H6/c5-3(6)1-2-4(7)8;2*1-2/h1-2H,(H,5,6)(H,7,8);2*1-2H3/b2-1-;;. The summed E-state index contributed by atoms with van der Waals surface area (Å²) in [4.78, 5) is 19.1. The molecule has 0 saturated carbocycles. The van der Waals surface area contributed by atoms with Crippen molar-refractivity contribution in [2.24, 2.45) is 0 Å². The summed E-state index contributed by atoms with van der Waals surface area (Å²) < 4.78 is 0. The van der Waals surface area contributed by atoms with E-state index in [9.17, 15) is 9.59 Å². The van der Waals surface area contributed by atoms with Gasteiger partial charge < -0.3 is 10.2 Å². The van der Waals surface area contributed by atoms with E-state index in [1.165, 1.54) is 0 Å². The van der Waals surface area contributed by atoms with Crippen molar-refractivity contribution in [3.8, 4) is 0 Å². The van der Waals surface area contributed by atoms with Crippen LogP contribution in [0.2, 0.25) is 0 Å². The molecule has 0 atom stereocenters. The molecule has 72 valence electrons. The van der Waals surface area contributed by atoms with Crippen LogP contribution < -0.4 is 0 Å². The molecule has 0 aliphatic rings. The highest BCUT2D eigenvalue weighted by molar-refractivity contribution is 5.89. The van der Waals surface area contributed by atoms with Gasteiger partial charge in [-0.15, -0.1) is 0 Å². The average molecular weight is 176 g/mol. The highest BCUT2D eigenvalue weighted by atomic mass is 16.4. The van der Waals surface area contributed by atoms with Gasteiger partial charge in [0.15, 0.2) is 0 Å². The molecule has 0 heterocycles. The van der Waals surface area contributed by atoms with Gasteiger partial charge in [0, 0.05) is 12.2 Å². The molecule has 4 heteroatoms. The number of carbonyl (C=O) groups is 2.